The summed E-state index contributed by atoms with van der Waals surface area (Å²) < 4.78 is 8.69. The Morgan fingerprint density at radius 2 is 1.97 bits per heavy atom. The number of pyridine rings is 1. The third-order valence-electron chi connectivity index (χ3n) is 6.66. The molecule has 4 aromatic rings. The maximum absolute atomic E-state index is 10.3. The van der Waals surface area contributed by atoms with E-state index in [2.05, 4.69) is 44.0 Å². The van der Waals surface area contributed by atoms with Crippen LogP contribution in [-0.4, -0.2) is 63.1 Å². The minimum absolute atomic E-state index is 0.101. The molecule has 0 amide bonds. The standard InChI is InChI=1S/C24H28N6O2S/c31-21-4-2-1-3-18(21)27-24-28-19-6-5-16(11-22(19)33-24)14-30-15-26-20-12-17(13-25-23(20)30)29-7-9-32-10-8-29/h5-6,11-13,15,18,21,31H,1-4,7-10,14H2,(H,27,28). The number of hydrogen-bond donors (Lipinski definition) is 2. The van der Waals surface area contributed by atoms with Crippen LogP contribution in [-0.2, 0) is 11.3 Å². The largest absolute Gasteiger partial charge is 0.391 e. The first-order valence-corrected chi connectivity index (χ1v) is 12.5. The van der Waals surface area contributed by atoms with Gasteiger partial charge in [0.25, 0.3) is 0 Å². The predicted molar refractivity (Wildman–Crippen MR) is 131 cm³/mol. The van der Waals surface area contributed by atoms with E-state index < -0.39 is 0 Å². The van der Waals surface area contributed by atoms with Crippen molar-refractivity contribution in [3.05, 3.63) is 42.4 Å². The molecule has 6 rings (SSSR count). The number of rotatable bonds is 5. The molecule has 0 spiro atoms. The van der Waals surface area contributed by atoms with Crippen LogP contribution in [0, 0.1) is 0 Å². The van der Waals surface area contributed by atoms with Gasteiger partial charge in [-0.1, -0.05) is 30.2 Å². The molecule has 0 bridgehead atoms. The maximum atomic E-state index is 10.3. The highest BCUT2D eigenvalue weighted by molar-refractivity contribution is 7.22. The summed E-state index contributed by atoms with van der Waals surface area (Å²) in [5, 5.41) is 14.6. The molecule has 33 heavy (non-hydrogen) atoms. The molecule has 2 N–H and O–H groups in total. The van der Waals surface area contributed by atoms with Gasteiger partial charge in [-0.3, -0.25) is 0 Å². The minimum Gasteiger partial charge on any atom is -0.391 e. The SMILES string of the molecule is OC1CCCCC1Nc1nc2ccc(Cn3cnc4cc(N5CCOCC5)cnc43)cc2s1. The Morgan fingerprint density at radius 1 is 1.09 bits per heavy atom. The van der Waals surface area contributed by atoms with Crippen molar-refractivity contribution in [2.75, 3.05) is 36.5 Å². The highest BCUT2D eigenvalue weighted by atomic mass is 32.1. The van der Waals surface area contributed by atoms with Crippen molar-refractivity contribution in [2.45, 2.75) is 44.4 Å². The smallest absolute Gasteiger partial charge is 0.184 e. The highest BCUT2D eigenvalue weighted by Crippen LogP contribution is 2.30. The van der Waals surface area contributed by atoms with Crippen LogP contribution in [0.1, 0.15) is 31.2 Å². The second-order valence-corrected chi connectivity index (χ2v) is 9.96. The fourth-order valence-corrected chi connectivity index (χ4v) is 5.80. The number of morpholine rings is 1. The average molecular weight is 465 g/mol. The molecule has 1 saturated carbocycles. The lowest BCUT2D eigenvalue weighted by Gasteiger charge is -2.28. The summed E-state index contributed by atoms with van der Waals surface area (Å²) in [4.78, 5) is 16.4. The molecule has 9 heteroatoms. The molecular weight excluding hydrogens is 436 g/mol. The molecule has 8 nitrogen and oxygen atoms in total. The van der Waals surface area contributed by atoms with Crippen LogP contribution in [0.25, 0.3) is 21.4 Å². The van der Waals surface area contributed by atoms with Crippen molar-refractivity contribution in [1.29, 1.82) is 0 Å². The van der Waals surface area contributed by atoms with Gasteiger partial charge in [-0.2, -0.15) is 0 Å². The number of imidazole rings is 1. The predicted octanol–water partition coefficient (Wildman–Crippen LogP) is 3.64. The van der Waals surface area contributed by atoms with Crippen molar-refractivity contribution in [2.24, 2.45) is 0 Å². The number of thiazole rings is 1. The van der Waals surface area contributed by atoms with Crippen LogP contribution in [0.4, 0.5) is 10.8 Å². The van der Waals surface area contributed by atoms with Crippen LogP contribution >= 0.6 is 11.3 Å². The molecule has 1 aliphatic heterocycles. The van der Waals surface area contributed by atoms with Gasteiger partial charge in [0, 0.05) is 13.1 Å². The molecule has 2 unspecified atom stereocenters. The van der Waals surface area contributed by atoms with Gasteiger partial charge in [0.1, 0.15) is 5.52 Å². The van der Waals surface area contributed by atoms with Crippen molar-refractivity contribution >= 4 is 43.5 Å². The molecule has 0 radical (unpaired) electrons. The Kier molecular flexibility index (Phi) is 5.61. The third kappa shape index (κ3) is 4.28. The summed E-state index contributed by atoms with van der Waals surface area (Å²) in [6.45, 7) is 3.99. The van der Waals surface area contributed by atoms with E-state index in [1.165, 1.54) is 5.56 Å². The first-order chi connectivity index (χ1) is 16.2. The molecular formula is C24H28N6O2S. The summed E-state index contributed by atoms with van der Waals surface area (Å²) in [5.41, 5.74) is 5.08. The van der Waals surface area contributed by atoms with Crippen molar-refractivity contribution < 1.29 is 9.84 Å². The summed E-state index contributed by atoms with van der Waals surface area (Å²) in [5.74, 6) is 0. The first-order valence-electron chi connectivity index (χ1n) is 11.7. The number of hydrogen-bond acceptors (Lipinski definition) is 8. The van der Waals surface area contributed by atoms with Crippen LogP contribution in [0.2, 0.25) is 0 Å². The van der Waals surface area contributed by atoms with E-state index in [0.717, 1.165) is 84.2 Å². The second kappa shape index (κ2) is 8.89. The van der Waals surface area contributed by atoms with E-state index in [4.69, 9.17) is 14.7 Å². The van der Waals surface area contributed by atoms with E-state index in [9.17, 15) is 5.11 Å². The number of ether oxygens (including phenoxy) is 1. The van der Waals surface area contributed by atoms with Crippen molar-refractivity contribution in [3.63, 3.8) is 0 Å². The van der Waals surface area contributed by atoms with Gasteiger partial charge in [-0.15, -0.1) is 0 Å². The van der Waals surface area contributed by atoms with Crippen molar-refractivity contribution in [1.82, 2.24) is 19.5 Å². The average Bonchev–Trinajstić information content (AvgIpc) is 3.44. The summed E-state index contributed by atoms with van der Waals surface area (Å²) in [6.07, 6.45) is 7.65. The number of nitrogens with one attached hydrogen (secondary N) is 1. The Balaban J connectivity index is 1.20. The van der Waals surface area contributed by atoms with E-state index in [1.807, 2.05) is 12.5 Å². The Bertz CT molecular complexity index is 1260. The van der Waals surface area contributed by atoms with Gasteiger partial charge in [0.15, 0.2) is 10.8 Å². The lowest BCUT2D eigenvalue weighted by atomic mass is 9.93. The van der Waals surface area contributed by atoms with Gasteiger partial charge in [-0.25, -0.2) is 15.0 Å². The van der Waals surface area contributed by atoms with Crippen LogP contribution in [0.15, 0.2) is 36.8 Å². The molecule has 2 aliphatic rings. The zero-order valence-corrected chi connectivity index (χ0v) is 19.3. The lowest BCUT2D eigenvalue weighted by molar-refractivity contribution is 0.116. The monoisotopic (exact) mass is 464 g/mol. The third-order valence-corrected chi connectivity index (χ3v) is 7.61. The minimum atomic E-state index is -0.285. The Hall–Kier alpha value is -2.75. The van der Waals surface area contributed by atoms with Gasteiger partial charge in [-0.05, 0) is 36.6 Å². The van der Waals surface area contributed by atoms with Crippen LogP contribution in [0.3, 0.4) is 0 Å². The van der Waals surface area contributed by atoms with E-state index >= 15 is 0 Å². The Labute approximate surface area is 196 Å². The topological polar surface area (TPSA) is 88.3 Å². The zero-order chi connectivity index (χ0) is 22.2. The van der Waals surface area contributed by atoms with Crippen molar-refractivity contribution in [3.8, 4) is 0 Å². The van der Waals surface area contributed by atoms with Gasteiger partial charge in [0.05, 0.1) is 60.3 Å². The molecule has 2 fully saturated rings. The summed E-state index contributed by atoms with van der Waals surface area (Å²) >= 11 is 1.65. The number of aliphatic hydroxyl groups is 1. The molecule has 1 aliphatic carbocycles. The second-order valence-electron chi connectivity index (χ2n) is 8.93. The fourth-order valence-electron chi connectivity index (χ4n) is 4.81. The van der Waals surface area contributed by atoms with Gasteiger partial charge in [0.2, 0.25) is 0 Å². The Morgan fingerprint density at radius 3 is 2.85 bits per heavy atom. The summed E-state index contributed by atoms with van der Waals surface area (Å²) in [7, 11) is 0. The molecule has 172 valence electrons. The summed E-state index contributed by atoms with van der Waals surface area (Å²) in [6, 6.07) is 8.61. The maximum Gasteiger partial charge on any atom is 0.184 e. The zero-order valence-electron chi connectivity index (χ0n) is 18.5. The van der Waals surface area contributed by atoms with Crippen LogP contribution < -0.4 is 10.2 Å². The highest BCUT2D eigenvalue weighted by Gasteiger charge is 2.23. The number of fused-ring (bicyclic) bond motifs is 2. The number of anilines is 2. The normalized spacial score (nSPS) is 21.7. The molecule has 1 saturated heterocycles. The van der Waals surface area contributed by atoms with Gasteiger partial charge >= 0.3 is 0 Å². The first kappa shape index (κ1) is 20.8. The molecule has 1 aromatic carbocycles. The molecule has 4 heterocycles. The molecule has 2 atom stereocenters. The lowest BCUT2D eigenvalue weighted by Crippen LogP contribution is -2.36. The van der Waals surface area contributed by atoms with E-state index in [-0.39, 0.29) is 12.1 Å². The van der Waals surface area contributed by atoms with Gasteiger partial charge < -0.3 is 24.6 Å². The van der Waals surface area contributed by atoms with E-state index in [1.54, 1.807) is 11.3 Å². The van der Waals surface area contributed by atoms with Crippen LogP contribution in [0.5, 0.6) is 0 Å². The quantitative estimate of drug-likeness (QED) is 0.466. The number of aliphatic hydroxyl groups excluding tert-OH is 1. The molecule has 3 aromatic heterocycles. The fraction of sp³-hybridized carbons (Fsp3) is 0.458. The van der Waals surface area contributed by atoms with E-state index in [0.29, 0.717) is 6.54 Å². The number of benzene rings is 1. The number of aromatic nitrogens is 4. The number of nitrogens with zero attached hydrogens (tertiary/aromatic N) is 5.